The molecule has 0 spiro atoms. The Morgan fingerprint density at radius 3 is 2.29 bits per heavy atom. The van der Waals surface area contributed by atoms with Crippen LogP contribution >= 0.6 is 11.6 Å². The van der Waals surface area contributed by atoms with Gasteiger partial charge in [0.2, 0.25) is 21.8 Å². The van der Waals surface area contributed by atoms with Crippen molar-refractivity contribution in [1.29, 1.82) is 0 Å². The molecule has 1 unspecified atom stereocenters. The predicted molar refractivity (Wildman–Crippen MR) is 140 cm³/mol. The van der Waals surface area contributed by atoms with Gasteiger partial charge >= 0.3 is 0 Å². The van der Waals surface area contributed by atoms with Crippen molar-refractivity contribution < 1.29 is 18.0 Å². The maximum Gasteiger partial charge on any atom is 0.244 e. The number of amides is 2. The second kappa shape index (κ2) is 11.9. The number of para-hydroxylation sites is 1. The largest absolute Gasteiger partial charge is 0.352 e. The van der Waals surface area contributed by atoms with E-state index in [1.54, 1.807) is 56.3 Å². The Hall–Kier alpha value is -2.58. The molecule has 2 aromatic carbocycles. The lowest BCUT2D eigenvalue weighted by Crippen LogP contribution is -2.53. The number of sulfonamides is 1. The van der Waals surface area contributed by atoms with Gasteiger partial charge in [0.1, 0.15) is 12.6 Å². The van der Waals surface area contributed by atoms with E-state index in [0.29, 0.717) is 10.7 Å². The summed E-state index contributed by atoms with van der Waals surface area (Å²) in [6, 6.07) is 13.4. The molecule has 2 amide bonds. The quantitative estimate of drug-likeness (QED) is 0.535. The maximum absolute atomic E-state index is 13.6. The molecule has 7 nitrogen and oxygen atoms in total. The molecular formula is C26H34ClN3O4S. The van der Waals surface area contributed by atoms with Crippen LogP contribution in [-0.2, 0) is 26.2 Å². The molecule has 9 heteroatoms. The molecule has 1 aliphatic carbocycles. The zero-order valence-electron chi connectivity index (χ0n) is 20.5. The molecule has 1 N–H and O–H groups in total. The molecule has 0 bridgehead atoms. The van der Waals surface area contributed by atoms with Crippen LogP contribution in [0, 0.1) is 6.92 Å². The fraction of sp³-hybridized carbons (Fsp3) is 0.462. The first-order valence-corrected chi connectivity index (χ1v) is 14.2. The van der Waals surface area contributed by atoms with Crippen molar-refractivity contribution >= 4 is 39.1 Å². The molecule has 0 heterocycles. The van der Waals surface area contributed by atoms with Crippen LogP contribution in [0.25, 0.3) is 0 Å². The summed E-state index contributed by atoms with van der Waals surface area (Å²) in [5.41, 5.74) is 1.97. The second-order valence-corrected chi connectivity index (χ2v) is 11.6. The van der Waals surface area contributed by atoms with Crippen LogP contribution < -0.4 is 9.62 Å². The fourth-order valence-corrected chi connectivity index (χ4v) is 5.41. The summed E-state index contributed by atoms with van der Waals surface area (Å²) in [5.74, 6) is -0.694. The molecule has 0 radical (unpaired) electrons. The minimum atomic E-state index is -3.75. The summed E-state index contributed by atoms with van der Waals surface area (Å²) in [7, 11) is -3.75. The van der Waals surface area contributed by atoms with Crippen molar-refractivity contribution in [3.63, 3.8) is 0 Å². The third-order valence-corrected chi connectivity index (χ3v) is 7.83. The summed E-state index contributed by atoms with van der Waals surface area (Å²) in [6.07, 6.45) is 6.26. The van der Waals surface area contributed by atoms with Gasteiger partial charge in [-0.25, -0.2) is 8.42 Å². The number of halogens is 1. The predicted octanol–water partition coefficient (Wildman–Crippen LogP) is 4.28. The number of carbonyl (C=O) groups excluding carboxylic acids is 2. The number of carbonyl (C=O) groups is 2. The third-order valence-electron chi connectivity index (χ3n) is 6.45. The maximum atomic E-state index is 13.6. The molecule has 35 heavy (non-hydrogen) atoms. The Labute approximate surface area is 213 Å². The van der Waals surface area contributed by atoms with Crippen molar-refractivity contribution in [3.8, 4) is 0 Å². The Morgan fingerprint density at radius 1 is 1.06 bits per heavy atom. The topological polar surface area (TPSA) is 86.8 Å². The van der Waals surface area contributed by atoms with Crippen LogP contribution in [0.5, 0.6) is 0 Å². The number of nitrogens with one attached hydrogen (secondary N) is 1. The van der Waals surface area contributed by atoms with Gasteiger partial charge in [-0.3, -0.25) is 13.9 Å². The smallest absolute Gasteiger partial charge is 0.244 e. The van der Waals surface area contributed by atoms with Crippen molar-refractivity contribution in [2.24, 2.45) is 0 Å². The highest BCUT2D eigenvalue weighted by Crippen LogP contribution is 2.23. The lowest BCUT2D eigenvalue weighted by Gasteiger charge is -2.33. The first kappa shape index (κ1) is 27.0. The molecule has 1 atom stereocenters. The molecule has 0 aromatic heterocycles. The summed E-state index contributed by atoms with van der Waals surface area (Å²) in [4.78, 5) is 28.2. The van der Waals surface area contributed by atoms with E-state index in [4.69, 9.17) is 11.6 Å². The number of anilines is 1. The van der Waals surface area contributed by atoms with E-state index in [0.717, 1.165) is 47.4 Å². The summed E-state index contributed by atoms with van der Waals surface area (Å²) in [5, 5.41) is 3.65. The van der Waals surface area contributed by atoms with Crippen molar-refractivity contribution in [2.45, 2.75) is 64.6 Å². The van der Waals surface area contributed by atoms with Gasteiger partial charge in [0.15, 0.2) is 0 Å². The Kier molecular flexibility index (Phi) is 9.19. The molecule has 1 fully saturated rings. The van der Waals surface area contributed by atoms with E-state index >= 15 is 0 Å². The van der Waals surface area contributed by atoms with Gasteiger partial charge in [0, 0.05) is 17.6 Å². The van der Waals surface area contributed by atoms with Crippen molar-refractivity contribution in [3.05, 3.63) is 64.7 Å². The summed E-state index contributed by atoms with van der Waals surface area (Å²) < 4.78 is 26.4. The normalized spacial score (nSPS) is 15.3. The zero-order valence-corrected chi connectivity index (χ0v) is 22.1. The molecule has 0 saturated heterocycles. The Morgan fingerprint density at radius 2 is 1.69 bits per heavy atom. The highest BCUT2D eigenvalue weighted by atomic mass is 35.5. The van der Waals surface area contributed by atoms with Gasteiger partial charge in [-0.05, 0) is 56.0 Å². The van der Waals surface area contributed by atoms with E-state index < -0.39 is 28.5 Å². The number of benzene rings is 2. The zero-order chi connectivity index (χ0) is 25.6. The van der Waals surface area contributed by atoms with E-state index in [1.807, 2.05) is 6.07 Å². The van der Waals surface area contributed by atoms with Gasteiger partial charge in [-0.2, -0.15) is 0 Å². The molecule has 2 aromatic rings. The van der Waals surface area contributed by atoms with Crippen LogP contribution in [0.1, 0.15) is 50.2 Å². The van der Waals surface area contributed by atoms with Gasteiger partial charge in [0.05, 0.1) is 11.9 Å². The molecule has 190 valence electrons. The average Bonchev–Trinajstić information content (AvgIpc) is 2.82. The molecule has 1 aliphatic rings. The first-order chi connectivity index (χ1) is 16.6. The summed E-state index contributed by atoms with van der Waals surface area (Å²) >= 11 is 6.02. The van der Waals surface area contributed by atoms with E-state index in [1.165, 1.54) is 11.3 Å². The van der Waals surface area contributed by atoms with Crippen molar-refractivity contribution in [1.82, 2.24) is 10.2 Å². The van der Waals surface area contributed by atoms with Crippen LogP contribution in [-0.4, -0.2) is 50.0 Å². The minimum Gasteiger partial charge on any atom is -0.352 e. The van der Waals surface area contributed by atoms with Crippen molar-refractivity contribution in [2.75, 3.05) is 17.1 Å². The Bertz CT molecular complexity index is 1130. The number of aryl methyl sites for hydroxylation is 1. The standard InChI is InChI=1S/C26H34ClN3O4S/c1-19-9-7-8-12-24(19)30(35(3,33)34)18-25(31)29(17-21-13-15-22(27)16-14-21)20(2)26(32)28-23-10-5-4-6-11-23/h7-9,12-16,20,23H,4-6,10-11,17-18H2,1-3H3,(H,28,32). The number of hydrogen-bond donors (Lipinski definition) is 1. The highest BCUT2D eigenvalue weighted by molar-refractivity contribution is 7.92. The minimum absolute atomic E-state index is 0.102. The van der Waals surface area contributed by atoms with Gasteiger partial charge in [0.25, 0.3) is 0 Å². The van der Waals surface area contributed by atoms with Crippen LogP contribution in [0.2, 0.25) is 5.02 Å². The number of nitrogens with zero attached hydrogens (tertiary/aromatic N) is 2. The Balaban J connectivity index is 1.87. The summed E-state index contributed by atoms with van der Waals surface area (Å²) in [6.45, 7) is 3.23. The van der Waals surface area contributed by atoms with E-state index in [2.05, 4.69) is 5.32 Å². The first-order valence-electron chi connectivity index (χ1n) is 11.9. The lowest BCUT2D eigenvalue weighted by atomic mass is 9.95. The van der Waals surface area contributed by atoms with Crippen LogP contribution in [0.3, 0.4) is 0 Å². The van der Waals surface area contributed by atoms with Crippen LogP contribution in [0.4, 0.5) is 5.69 Å². The van der Waals surface area contributed by atoms with E-state index in [-0.39, 0.29) is 18.5 Å². The van der Waals surface area contributed by atoms with Crippen LogP contribution in [0.15, 0.2) is 48.5 Å². The molecule has 1 saturated carbocycles. The van der Waals surface area contributed by atoms with Gasteiger partial charge in [-0.15, -0.1) is 0 Å². The highest BCUT2D eigenvalue weighted by Gasteiger charge is 2.31. The molecule has 3 rings (SSSR count). The number of hydrogen-bond acceptors (Lipinski definition) is 4. The third kappa shape index (κ3) is 7.45. The lowest BCUT2D eigenvalue weighted by molar-refractivity contribution is -0.139. The molecule has 0 aliphatic heterocycles. The van der Waals surface area contributed by atoms with E-state index in [9.17, 15) is 18.0 Å². The second-order valence-electron chi connectivity index (χ2n) is 9.22. The monoisotopic (exact) mass is 519 g/mol. The van der Waals surface area contributed by atoms with Gasteiger partial charge in [-0.1, -0.05) is 61.2 Å². The average molecular weight is 520 g/mol. The fourth-order valence-electron chi connectivity index (χ4n) is 4.38. The SMILES string of the molecule is Cc1ccccc1N(CC(=O)N(Cc1ccc(Cl)cc1)C(C)C(=O)NC1CCCCC1)S(C)(=O)=O. The van der Waals surface area contributed by atoms with Gasteiger partial charge < -0.3 is 10.2 Å². The molecular weight excluding hydrogens is 486 g/mol. The number of rotatable bonds is 9.